The van der Waals surface area contributed by atoms with Gasteiger partial charge in [0.1, 0.15) is 0 Å². The van der Waals surface area contributed by atoms with Crippen LogP contribution >= 0.6 is 15.9 Å². The monoisotopic (exact) mass is 303 g/mol. The minimum atomic E-state index is -3.27. The highest BCUT2D eigenvalue weighted by Gasteiger charge is 2.32. The van der Waals surface area contributed by atoms with Gasteiger partial charge in [-0.25, -0.2) is 8.42 Å². The van der Waals surface area contributed by atoms with E-state index in [2.05, 4.69) is 15.9 Å². The third-order valence-electron chi connectivity index (χ3n) is 2.81. The Balaban J connectivity index is 2.21. The first-order valence-corrected chi connectivity index (χ1v) is 7.68. The zero-order chi connectivity index (χ0) is 11.8. The Hall–Kier alpha value is -0.390. The van der Waals surface area contributed by atoms with Gasteiger partial charge in [0, 0.05) is 10.5 Å². The minimum absolute atomic E-state index is 0.0419. The van der Waals surface area contributed by atoms with E-state index in [1.807, 2.05) is 0 Å². The first kappa shape index (κ1) is 12.1. The van der Waals surface area contributed by atoms with Crippen molar-refractivity contribution in [3.63, 3.8) is 0 Å². The van der Waals surface area contributed by atoms with Gasteiger partial charge < -0.3 is 5.73 Å². The summed E-state index contributed by atoms with van der Waals surface area (Å²) in [5, 5.41) is 0. The number of benzene rings is 1. The maximum atomic E-state index is 12.1. The van der Waals surface area contributed by atoms with Gasteiger partial charge >= 0.3 is 0 Å². The van der Waals surface area contributed by atoms with Crippen molar-refractivity contribution in [1.29, 1.82) is 0 Å². The first-order chi connectivity index (χ1) is 7.50. The van der Waals surface area contributed by atoms with Crippen LogP contribution in [0.15, 0.2) is 33.6 Å². The molecular weight excluding hydrogens is 290 g/mol. The topological polar surface area (TPSA) is 60.2 Å². The molecule has 88 valence electrons. The molecule has 0 heterocycles. The number of nitrogens with two attached hydrogens (primary N) is 1. The Kier molecular flexibility index (Phi) is 3.37. The summed E-state index contributed by atoms with van der Waals surface area (Å²) in [7, 11) is -3.27. The van der Waals surface area contributed by atoms with Crippen LogP contribution in [0.3, 0.4) is 0 Å². The SMILES string of the molecule is NC(CS(=O)(=O)c1ccccc1Br)C1CC1. The molecule has 1 atom stereocenters. The average molecular weight is 304 g/mol. The molecule has 0 bridgehead atoms. The van der Waals surface area contributed by atoms with Crippen molar-refractivity contribution >= 4 is 25.8 Å². The van der Waals surface area contributed by atoms with Gasteiger partial charge in [-0.15, -0.1) is 0 Å². The summed E-state index contributed by atoms with van der Waals surface area (Å²) >= 11 is 3.25. The summed E-state index contributed by atoms with van der Waals surface area (Å²) < 4.78 is 24.8. The number of sulfone groups is 1. The fourth-order valence-corrected chi connectivity index (χ4v) is 4.33. The predicted molar refractivity (Wildman–Crippen MR) is 66.9 cm³/mol. The van der Waals surface area contributed by atoms with Gasteiger partial charge in [-0.3, -0.25) is 0 Å². The van der Waals surface area contributed by atoms with Crippen LogP contribution < -0.4 is 5.73 Å². The third kappa shape index (κ3) is 2.64. The van der Waals surface area contributed by atoms with Crippen molar-refractivity contribution < 1.29 is 8.42 Å². The Morgan fingerprint density at radius 2 is 2.00 bits per heavy atom. The Morgan fingerprint density at radius 3 is 2.56 bits per heavy atom. The van der Waals surface area contributed by atoms with Gasteiger partial charge in [0.05, 0.1) is 10.6 Å². The number of rotatable bonds is 4. The lowest BCUT2D eigenvalue weighted by Crippen LogP contribution is -2.31. The molecule has 1 aliphatic carbocycles. The normalized spacial score (nSPS) is 18.4. The van der Waals surface area contributed by atoms with E-state index in [0.29, 0.717) is 15.3 Å². The standard InChI is InChI=1S/C11H14BrNO2S/c12-9-3-1-2-4-11(9)16(14,15)7-10(13)8-5-6-8/h1-4,8,10H,5-7,13H2. The van der Waals surface area contributed by atoms with Crippen LogP contribution in [0, 0.1) is 5.92 Å². The molecule has 1 aromatic rings. The van der Waals surface area contributed by atoms with E-state index >= 15 is 0 Å². The molecule has 0 aliphatic heterocycles. The van der Waals surface area contributed by atoms with Crippen molar-refractivity contribution in [2.75, 3.05) is 5.75 Å². The summed E-state index contributed by atoms with van der Waals surface area (Å²) in [6.45, 7) is 0. The Bertz CT molecular complexity index is 483. The van der Waals surface area contributed by atoms with E-state index < -0.39 is 9.84 Å². The van der Waals surface area contributed by atoms with Crippen LogP contribution in [0.1, 0.15) is 12.8 Å². The van der Waals surface area contributed by atoms with Crippen molar-refractivity contribution in [2.45, 2.75) is 23.8 Å². The van der Waals surface area contributed by atoms with E-state index in [4.69, 9.17) is 5.73 Å². The molecule has 1 fully saturated rings. The van der Waals surface area contributed by atoms with Crippen LogP contribution in [0.25, 0.3) is 0 Å². The van der Waals surface area contributed by atoms with Crippen LogP contribution in [0.2, 0.25) is 0 Å². The van der Waals surface area contributed by atoms with Gasteiger partial charge in [-0.2, -0.15) is 0 Å². The summed E-state index contributed by atoms with van der Waals surface area (Å²) in [5.41, 5.74) is 5.86. The number of halogens is 1. The molecule has 3 nitrogen and oxygen atoms in total. The highest BCUT2D eigenvalue weighted by Crippen LogP contribution is 2.33. The lowest BCUT2D eigenvalue weighted by molar-refractivity contribution is 0.574. The van der Waals surface area contributed by atoms with Crippen LogP contribution in [-0.2, 0) is 9.84 Å². The zero-order valence-corrected chi connectivity index (χ0v) is 11.2. The van der Waals surface area contributed by atoms with Crippen LogP contribution in [0.5, 0.6) is 0 Å². The molecular formula is C11H14BrNO2S. The van der Waals surface area contributed by atoms with Crippen LogP contribution in [0.4, 0.5) is 0 Å². The number of hydrogen-bond acceptors (Lipinski definition) is 3. The molecule has 0 spiro atoms. The molecule has 2 N–H and O–H groups in total. The van der Waals surface area contributed by atoms with Gasteiger partial charge in [0.25, 0.3) is 0 Å². The van der Waals surface area contributed by atoms with Gasteiger partial charge in [0.15, 0.2) is 9.84 Å². The fourth-order valence-electron chi connectivity index (χ4n) is 1.70. The van der Waals surface area contributed by atoms with E-state index in [1.165, 1.54) is 0 Å². The second-order valence-electron chi connectivity index (χ2n) is 4.21. The molecule has 1 aromatic carbocycles. The van der Waals surface area contributed by atoms with E-state index in [1.54, 1.807) is 24.3 Å². The molecule has 1 aliphatic rings. The average Bonchev–Trinajstić information content (AvgIpc) is 3.00. The molecule has 2 rings (SSSR count). The molecule has 0 amide bonds. The molecule has 0 saturated heterocycles. The van der Waals surface area contributed by atoms with Crippen LogP contribution in [-0.4, -0.2) is 20.2 Å². The van der Waals surface area contributed by atoms with Crippen molar-refractivity contribution in [3.8, 4) is 0 Å². The summed E-state index contributed by atoms with van der Waals surface area (Å²) in [6.07, 6.45) is 2.12. The fraction of sp³-hybridized carbons (Fsp3) is 0.455. The Labute approximate surface area is 104 Å². The summed E-state index contributed by atoms with van der Waals surface area (Å²) in [6, 6.07) is 6.63. The Morgan fingerprint density at radius 1 is 1.38 bits per heavy atom. The molecule has 1 unspecified atom stereocenters. The van der Waals surface area contributed by atoms with E-state index in [-0.39, 0.29) is 11.8 Å². The third-order valence-corrected chi connectivity index (χ3v) is 5.61. The van der Waals surface area contributed by atoms with Gasteiger partial charge in [0.2, 0.25) is 0 Å². The quantitative estimate of drug-likeness (QED) is 0.925. The van der Waals surface area contributed by atoms with Crippen molar-refractivity contribution in [2.24, 2.45) is 11.7 Å². The second-order valence-corrected chi connectivity index (χ2v) is 7.07. The minimum Gasteiger partial charge on any atom is -0.327 e. The van der Waals surface area contributed by atoms with E-state index in [9.17, 15) is 8.42 Å². The zero-order valence-electron chi connectivity index (χ0n) is 8.77. The molecule has 16 heavy (non-hydrogen) atoms. The highest BCUT2D eigenvalue weighted by atomic mass is 79.9. The summed E-state index contributed by atoms with van der Waals surface area (Å²) in [4.78, 5) is 0.339. The predicted octanol–water partition coefficient (Wildman–Crippen LogP) is 1.96. The van der Waals surface area contributed by atoms with Crippen molar-refractivity contribution in [1.82, 2.24) is 0 Å². The lowest BCUT2D eigenvalue weighted by atomic mass is 10.2. The smallest absolute Gasteiger partial charge is 0.181 e. The molecule has 0 aromatic heterocycles. The lowest BCUT2D eigenvalue weighted by Gasteiger charge is -2.11. The van der Waals surface area contributed by atoms with Crippen molar-refractivity contribution in [3.05, 3.63) is 28.7 Å². The van der Waals surface area contributed by atoms with Gasteiger partial charge in [-0.05, 0) is 46.8 Å². The van der Waals surface area contributed by atoms with E-state index in [0.717, 1.165) is 12.8 Å². The summed E-state index contributed by atoms with van der Waals surface area (Å²) in [5.74, 6) is 0.442. The first-order valence-electron chi connectivity index (χ1n) is 5.23. The molecule has 5 heteroatoms. The maximum absolute atomic E-state index is 12.1. The maximum Gasteiger partial charge on any atom is 0.181 e. The number of hydrogen-bond donors (Lipinski definition) is 1. The largest absolute Gasteiger partial charge is 0.327 e. The molecule has 1 saturated carbocycles. The highest BCUT2D eigenvalue weighted by molar-refractivity contribution is 9.10. The van der Waals surface area contributed by atoms with Gasteiger partial charge in [-0.1, -0.05) is 12.1 Å². The second kappa shape index (κ2) is 4.47. The molecule has 0 radical (unpaired) electrons.